The minimum atomic E-state index is -0.130. The van der Waals surface area contributed by atoms with E-state index in [4.69, 9.17) is 4.74 Å². The number of carbonyl (C=O) groups is 1. The molecule has 1 atom stereocenters. The number of ether oxygens (including phenoxy) is 1. The SMILES string of the molecule is CCCCCCCCCCCCCCOC(=O)[C@H](Cc1ccccc1)[N+](C)(CC)CC. The van der Waals surface area contributed by atoms with Crippen LogP contribution in [0.4, 0.5) is 0 Å². The van der Waals surface area contributed by atoms with Crippen LogP contribution < -0.4 is 0 Å². The van der Waals surface area contributed by atoms with Crippen LogP contribution in [0, 0.1) is 0 Å². The molecule has 0 aromatic heterocycles. The first-order valence-electron chi connectivity index (χ1n) is 13.1. The van der Waals surface area contributed by atoms with E-state index in [-0.39, 0.29) is 12.0 Å². The normalized spacial score (nSPS) is 12.6. The summed E-state index contributed by atoms with van der Waals surface area (Å²) < 4.78 is 6.49. The Labute approximate surface area is 193 Å². The van der Waals surface area contributed by atoms with E-state index in [9.17, 15) is 4.79 Å². The Bertz CT molecular complexity index is 553. The van der Waals surface area contributed by atoms with E-state index in [0.717, 1.165) is 30.4 Å². The fourth-order valence-corrected chi connectivity index (χ4v) is 4.27. The fraction of sp³-hybridized carbons (Fsp3) is 0.750. The lowest BCUT2D eigenvalue weighted by Gasteiger charge is -2.38. The van der Waals surface area contributed by atoms with Crippen molar-refractivity contribution in [1.82, 2.24) is 0 Å². The Balaban J connectivity index is 2.24. The van der Waals surface area contributed by atoms with Gasteiger partial charge in [0.05, 0.1) is 26.7 Å². The minimum absolute atomic E-state index is 0.0295. The zero-order valence-electron chi connectivity index (χ0n) is 21.0. The van der Waals surface area contributed by atoms with Crippen molar-refractivity contribution in [3.05, 3.63) is 35.9 Å². The smallest absolute Gasteiger partial charge is 0.365 e. The Morgan fingerprint density at radius 3 is 1.74 bits per heavy atom. The minimum Gasteiger partial charge on any atom is -0.461 e. The monoisotopic (exact) mass is 432 g/mol. The molecular weight excluding hydrogens is 382 g/mol. The van der Waals surface area contributed by atoms with Crippen molar-refractivity contribution in [3.63, 3.8) is 0 Å². The molecule has 0 N–H and O–H groups in total. The molecule has 1 aromatic rings. The molecule has 0 bridgehead atoms. The van der Waals surface area contributed by atoms with Crippen molar-refractivity contribution >= 4 is 5.97 Å². The third-order valence-corrected chi connectivity index (χ3v) is 6.98. The van der Waals surface area contributed by atoms with E-state index in [1.807, 2.05) is 18.2 Å². The number of hydrogen-bond acceptors (Lipinski definition) is 2. The van der Waals surface area contributed by atoms with Crippen LogP contribution in [0.15, 0.2) is 30.3 Å². The highest BCUT2D eigenvalue weighted by molar-refractivity contribution is 5.75. The molecule has 0 heterocycles. The summed E-state index contributed by atoms with van der Waals surface area (Å²) in [6.45, 7) is 9.04. The zero-order valence-corrected chi connectivity index (χ0v) is 21.0. The fourth-order valence-electron chi connectivity index (χ4n) is 4.27. The topological polar surface area (TPSA) is 26.3 Å². The van der Waals surface area contributed by atoms with Crippen LogP contribution in [-0.4, -0.2) is 43.2 Å². The van der Waals surface area contributed by atoms with Crippen LogP contribution in [0.1, 0.15) is 103 Å². The summed E-state index contributed by atoms with van der Waals surface area (Å²) >= 11 is 0. The number of benzene rings is 1. The number of carbonyl (C=O) groups excluding carboxylic acids is 1. The van der Waals surface area contributed by atoms with Gasteiger partial charge in [-0.15, -0.1) is 0 Å². The second-order valence-corrected chi connectivity index (χ2v) is 9.37. The molecule has 1 rings (SSSR count). The molecule has 3 heteroatoms. The van der Waals surface area contributed by atoms with Gasteiger partial charge in [-0.25, -0.2) is 4.79 Å². The molecule has 0 fully saturated rings. The summed E-state index contributed by atoms with van der Waals surface area (Å²) in [5.74, 6) is -0.0295. The average molecular weight is 433 g/mol. The number of quaternary nitrogens is 1. The highest BCUT2D eigenvalue weighted by Gasteiger charge is 2.37. The Hall–Kier alpha value is -1.35. The summed E-state index contributed by atoms with van der Waals surface area (Å²) in [7, 11) is 2.18. The summed E-state index contributed by atoms with van der Waals surface area (Å²) in [6, 6.07) is 10.2. The number of hydrogen-bond donors (Lipinski definition) is 0. The molecule has 0 aliphatic rings. The molecule has 0 spiro atoms. The zero-order chi connectivity index (χ0) is 22.8. The predicted molar refractivity (Wildman–Crippen MR) is 133 cm³/mol. The van der Waals surface area contributed by atoms with Gasteiger partial charge in [0.15, 0.2) is 6.04 Å². The second-order valence-electron chi connectivity index (χ2n) is 9.37. The Kier molecular flexibility index (Phi) is 15.4. The van der Waals surface area contributed by atoms with Crippen LogP contribution in [0.2, 0.25) is 0 Å². The van der Waals surface area contributed by atoms with Gasteiger partial charge in [0.1, 0.15) is 0 Å². The molecule has 0 aliphatic carbocycles. The number of esters is 1. The number of nitrogens with zero attached hydrogens (tertiary/aromatic N) is 1. The van der Waals surface area contributed by atoms with Crippen LogP contribution in [0.25, 0.3) is 0 Å². The van der Waals surface area contributed by atoms with Crippen molar-refractivity contribution in [2.75, 3.05) is 26.7 Å². The van der Waals surface area contributed by atoms with Crippen LogP contribution >= 0.6 is 0 Å². The largest absolute Gasteiger partial charge is 0.461 e. The standard InChI is InChI=1S/C28H50NO2/c1-5-8-9-10-11-12-13-14-15-16-17-21-24-31-28(30)27(29(4,6-2)7-3)25-26-22-19-18-20-23-26/h18-20,22-23,27H,5-17,21,24-25H2,1-4H3/q+1/t27-/m0/s1. The van der Waals surface area contributed by atoms with Gasteiger partial charge >= 0.3 is 5.97 Å². The summed E-state index contributed by atoms with van der Waals surface area (Å²) in [5.41, 5.74) is 1.21. The van der Waals surface area contributed by atoms with Crippen molar-refractivity contribution in [3.8, 4) is 0 Å². The van der Waals surface area contributed by atoms with E-state index in [1.54, 1.807) is 0 Å². The average Bonchev–Trinajstić information content (AvgIpc) is 2.80. The van der Waals surface area contributed by atoms with Crippen molar-refractivity contribution < 1.29 is 14.0 Å². The van der Waals surface area contributed by atoms with E-state index in [0.29, 0.717) is 6.61 Å². The van der Waals surface area contributed by atoms with Crippen molar-refractivity contribution in [1.29, 1.82) is 0 Å². The molecule has 0 unspecified atom stereocenters. The number of rotatable bonds is 19. The van der Waals surface area contributed by atoms with Crippen molar-refractivity contribution in [2.24, 2.45) is 0 Å². The maximum atomic E-state index is 13.0. The highest BCUT2D eigenvalue weighted by Crippen LogP contribution is 2.18. The second kappa shape index (κ2) is 17.2. The Morgan fingerprint density at radius 1 is 0.774 bits per heavy atom. The molecule has 31 heavy (non-hydrogen) atoms. The van der Waals surface area contributed by atoms with E-state index in [2.05, 4.69) is 40.0 Å². The molecule has 1 aromatic carbocycles. The molecule has 0 amide bonds. The quantitative estimate of drug-likeness (QED) is 0.130. The van der Waals surface area contributed by atoms with E-state index < -0.39 is 0 Å². The summed E-state index contributed by atoms with van der Waals surface area (Å²) in [4.78, 5) is 13.0. The summed E-state index contributed by atoms with van der Waals surface area (Å²) in [5, 5.41) is 0. The van der Waals surface area contributed by atoms with Gasteiger partial charge in [0.2, 0.25) is 0 Å². The van der Waals surface area contributed by atoms with Crippen molar-refractivity contribution in [2.45, 2.75) is 110 Å². The van der Waals surface area contributed by atoms with Gasteiger partial charge in [0.25, 0.3) is 0 Å². The molecule has 0 aliphatic heterocycles. The number of unbranched alkanes of at least 4 members (excludes halogenated alkanes) is 11. The predicted octanol–water partition coefficient (Wildman–Crippen LogP) is 7.33. The van der Waals surface area contributed by atoms with Crippen LogP contribution in [0.5, 0.6) is 0 Å². The van der Waals surface area contributed by atoms with Crippen LogP contribution in [0.3, 0.4) is 0 Å². The van der Waals surface area contributed by atoms with E-state index in [1.165, 1.54) is 76.2 Å². The van der Waals surface area contributed by atoms with E-state index >= 15 is 0 Å². The molecule has 178 valence electrons. The van der Waals surface area contributed by atoms with Gasteiger partial charge in [-0.3, -0.25) is 0 Å². The van der Waals surface area contributed by atoms with Crippen LogP contribution in [-0.2, 0) is 16.0 Å². The van der Waals surface area contributed by atoms with Gasteiger partial charge < -0.3 is 9.22 Å². The first kappa shape index (κ1) is 27.7. The molecular formula is C28H50NO2+. The molecule has 0 radical (unpaired) electrons. The molecule has 0 saturated heterocycles. The van der Waals surface area contributed by atoms with Gasteiger partial charge in [-0.2, -0.15) is 0 Å². The first-order valence-corrected chi connectivity index (χ1v) is 13.1. The lowest BCUT2D eigenvalue weighted by molar-refractivity contribution is -0.921. The lowest BCUT2D eigenvalue weighted by atomic mass is 10.0. The third kappa shape index (κ3) is 11.7. The molecule has 3 nitrogen and oxygen atoms in total. The highest BCUT2D eigenvalue weighted by atomic mass is 16.5. The van der Waals surface area contributed by atoms with Gasteiger partial charge in [-0.1, -0.05) is 108 Å². The Morgan fingerprint density at radius 2 is 1.26 bits per heavy atom. The maximum absolute atomic E-state index is 13.0. The van der Waals surface area contributed by atoms with Gasteiger partial charge in [-0.05, 0) is 25.8 Å². The number of likely N-dealkylation sites (N-methyl/N-ethyl adjacent to an activating group) is 1. The molecule has 0 saturated carbocycles. The third-order valence-electron chi connectivity index (χ3n) is 6.98. The van der Waals surface area contributed by atoms with Gasteiger partial charge in [0, 0.05) is 6.42 Å². The maximum Gasteiger partial charge on any atom is 0.365 e. The summed E-state index contributed by atoms with van der Waals surface area (Å²) in [6.07, 6.45) is 16.6. The lowest BCUT2D eigenvalue weighted by Crippen LogP contribution is -2.57. The first-order chi connectivity index (χ1) is 15.1.